The molecule has 0 N–H and O–H groups in total. The van der Waals surface area contributed by atoms with E-state index in [1.807, 2.05) is 25.7 Å². The second kappa shape index (κ2) is 7.16. The number of carbonyl (C=O) groups excluding carboxylic acids is 1. The molecule has 1 saturated heterocycles. The number of hydrogen-bond acceptors (Lipinski definition) is 3. The van der Waals surface area contributed by atoms with Gasteiger partial charge in [0, 0.05) is 13.1 Å². The van der Waals surface area contributed by atoms with Gasteiger partial charge in [0.1, 0.15) is 5.84 Å². The Morgan fingerprint density at radius 1 is 1.44 bits per heavy atom. The van der Waals surface area contributed by atoms with E-state index in [1.54, 1.807) is 0 Å². The molecule has 0 radical (unpaired) electrons. The van der Waals surface area contributed by atoms with Crippen LogP contribution in [0.15, 0.2) is 17.1 Å². The molecule has 1 aliphatic heterocycles. The Bertz CT molecular complexity index is 331. The number of hydrogen-bond donors (Lipinski definition) is 0. The van der Waals surface area contributed by atoms with E-state index in [2.05, 4.69) is 11.6 Å². The number of morpholine rings is 1. The fraction of sp³-hybridized carbons (Fsp3) is 0.692. The molecule has 0 aromatic heterocycles. The zero-order valence-electron chi connectivity index (χ0n) is 11.4. The fourth-order valence-electron chi connectivity index (χ4n) is 1.57. The number of rotatable bonds is 3. The van der Waals surface area contributed by atoms with Crippen LogP contribution in [-0.2, 0) is 9.47 Å². The normalized spacial score (nSPS) is 16.9. The standard InChI is InChI=1S/C13H22N2O3/c1-10(2)9-18-13(16)14-12(11(3)4)15-5-7-17-8-6-15/h10H,3,5-9H2,1-2,4H3/b14-12-. The molecule has 0 atom stereocenters. The summed E-state index contributed by atoms with van der Waals surface area (Å²) in [6, 6.07) is 0. The van der Waals surface area contributed by atoms with Crippen molar-refractivity contribution < 1.29 is 14.3 Å². The van der Waals surface area contributed by atoms with Crippen molar-refractivity contribution in [3.8, 4) is 0 Å². The summed E-state index contributed by atoms with van der Waals surface area (Å²) in [5, 5.41) is 0. The largest absolute Gasteiger partial charge is 0.448 e. The number of amides is 1. The minimum absolute atomic E-state index is 0.306. The van der Waals surface area contributed by atoms with Crippen molar-refractivity contribution in [2.24, 2.45) is 10.9 Å². The highest BCUT2D eigenvalue weighted by Crippen LogP contribution is 2.06. The van der Waals surface area contributed by atoms with Gasteiger partial charge in [-0.3, -0.25) is 0 Å². The van der Waals surface area contributed by atoms with Crippen molar-refractivity contribution in [1.29, 1.82) is 0 Å². The van der Waals surface area contributed by atoms with Gasteiger partial charge in [0.15, 0.2) is 0 Å². The summed E-state index contributed by atoms with van der Waals surface area (Å²) < 4.78 is 10.3. The van der Waals surface area contributed by atoms with E-state index in [9.17, 15) is 4.79 Å². The summed E-state index contributed by atoms with van der Waals surface area (Å²) >= 11 is 0. The fourth-order valence-corrected chi connectivity index (χ4v) is 1.57. The number of ether oxygens (including phenoxy) is 2. The third kappa shape index (κ3) is 4.87. The Morgan fingerprint density at radius 2 is 2.06 bits per heavy atom. The molecule has 0 spiro atoms. The SMILES string of the molecule is C=C(C)/C(=N/C(=O)OCC(C)C)N1CCOCC1. The summed E-state index contributed by atoms with van der Waals surface area (Å²) in [6.07, 6.45) is -0.548. The Labute approximate surface area is 108 Å². The molecule has 102 valence electrons. The van der Waals surface area contributed by atoms with E-state index in [-0.39, 0.29) is 0 Å². The molecule has 1 amide bonds. The van der Waals surface area contributed by atoms with Crippen molar-refractivity contribution >= 4 is 11.9 Å². The lowest BCUT2D eigenvalue weighted by Crippen LogP contribution is -2.41. The van der Waals surface area contributed by atoms with Crippen LogP contribution in [0.4, 0.5) is 4.79 Å². The number of carbonyl (C=O) groups is 1. The van der Waals surface area contributed by atoms with E-state index in [0.29, 0.717) is 31.6 Å². The molecule has 1 heterocycles. The van der Waals surface area contributed by atoms with Crippen LogP contribution in [0.3, 0.4) is 0 Å². The van der Waals surface area contributed by atoms with Gasteiger partial charge in [0.05, 0.1) is 19.8 Å². The van der Waals surface area contributed by atoms with Crippen LogP contribution >= 0.6 is 0 Å². The van der Waals surface area contributed by atoms with Gasteiger partial charge in [-0.25, -0.2) is 4.79 Å². The predicted molar refractivity (Wildman–Crippen MR) is 70.8 cm³/mol. The first-order chi connectivity index (χ1) is 8.50. The zero-order valence-corrected chi connectivity index (χ0v) is 11.4. The lowest BCUT2D eigenvalue weighted by molar-refractivity contribution is 0.0679. The van der Waals surface area contributed by atoms with Crippen molar-refractivity contribution in [3.63, 3.8) is 0 Å². The summed E-state index contributed by atoms with van der Waals surface area (Å²) in [4.78, 5) is 17.6. The van der Waals surface area contributed by atoms with Crippen molar-refractivity contribution in [1.82, 2.24) is 4.90 Å². The van der Waals surface area contributed by atoms with E-state index < -0.39 is 6.09 Å². The zero-order chi connectivity index (χ0) is 13.5. The quantitative estimate of drug-likeness (QED) is 0.571. The molecule has 18 heavy (non-hydrogen) atoms. The van der Waals surface area contributed by atoms with Crippen molar-refractivity contribution in [3.05, 3.63) is 12.2 Å². The van der Waals surface area contributed by atoms with E-state index >= 15 is 0 Å². The average Bonchev–Trinajstić information content (AvgIpc) is 2.34. The van der Waals surface area contributed by atoms with E-state index in [0.717, 1.165) is 18.7 Å². The Kier molecular flexibility index (Phi) is 5.85. The van der Waals surface area contributed by atoms with Crippen LogP contribution in [0.2, 0.25) is 0 Å². The van der Waals surface area contributed by atoms with Gasteiger partial charge in [0.2, 0.25) is 0 Å². The molecular formula is C13H22N2O3. The second-order valence-electron chi connectivity index (χ2n) is 4.79. The Morgan fingerprint density at radius 3 is 2.56 bits per heavy atom. The number of aliphatic imine (C=N–C) groups is 1. The first kappa shape index (κ1) is 14.7. The van der Waals surface area contributed by atoms with Gasteiger partial charge in [-0.2, -0.15) is 4.99 Å². The lowest BCUT2D eigenvalue weighted by Gasteiger charge is -2.29. The molecule has 1 rings (SSSR count). The molecule has 0 aromatic carbocycles. The maximum absolute atomic E-state index is 11.6. The van der Waals surface area contributed by atoms with Gasteiger partial charge in [-0.1, -0.05) is 20.4 Å². The molecule has 1 aliphatic rings. The van der Waals surface area contributed by atoms with Crippen LogP contribution in [-0.4, -0.2) is 49.7 Å². The Balaban J connectivity index is 2.65. The highest BCUT2D eigenvalue weighted by molar-refractivity contribution is 6.02. The van der Waals surface area contributed by atoms with E-state index in [1.165, 1.54) is 0 Å². The smallest absolute Gasteiger partial charge is 0.435 e. The third-order valence-corrected chi connectivity index (χ3v) is 2.43. The maximum Gasteiger partial charge on any atom is 0.435 e. The predicted octanol–water partition coefficient (Wildman–Crippen LogP) is 2.09. The van der Waals surface area contributed by atoms with Crippen LogP contribution < -0.4 is 0 Å². The number of nitrogens with zero attached hydrogens (tertiary/aromatic N) is 2. The monoisotopic (exact) mass is 254 g/mol. The van der Waals surface area contributed by atoms with Crippen molar-refractivity contribution in [2.75, 3.05) is 32.9 Å². The van der Waals surface area contributed by atoms with Crippen LogP contribution in [0, 0.1) is 5.92 Å². The highest BCUT2D eigenvalue weighted by atomic mass is 16.5. The first-order valence-electron chi connectivity index (χ1n) is 6.24. The summed E-state index contributed by atoms with van der Waals surface area (Å²) in [6.45, 7) is 12.8. The molecule has 0 aliphatic carbocycles. The minimum Gasteiger partial charge on any atom is -0.448 e. The summed E-state index contributed by atoms with van der Waals surface area (Å²) in [5.74, 6) is 0.910. The molecule has 0 saturated carbocycles. The molecule has 0 aromatic rings. The van der Waals surface area contributed by atoms with Gasteiger partial charge in [-0.15, -0.1) is 0 Å². The van der Waals surface area contributed by atoms with Gasteiger partial charge >= 0.3 is 6.09 Å². The lowest BCUT2D eigenvalue weighted by atomic mass is 10.2. The minimum atomic E-state index is -0.548. The summed E-state index contributed by atoms with van der Waals surface area (Å²) in [7, 11) is 0. The van der Waals surface area contributed by atoms with Crippen LogP contribution in [0.1, 0.15) is 20.8 Å². The van der Waals surface area contributed by atoms with Gasteiger partial charge in [0.25, 0.3) is 0 Å². The molecule has 1 fully saturated rings. The second-order valence-corrected chi connectivity index (χ2v) is 4.79. The average molecular weight is 254 g/mol. The molecular weight excluding hydrogens is 232 g/mol. The molecule has 5 heteroatoms. The Hall–Kier alpha value is -1.36. The van der Waals surface area contributed by atoms with Crippen LogP contribution in [0.25, 0.3) is 0 Å². The molecule has 0 unspecified atom stereocenters. The van der Waals surface area contributed by atoms with Gasteiger partial charge in [-0.05, 0) is 18.4 Å². The highest BCUT2D eigenvalue weighted by Gasteiger charge is 2.17. The van der Waals surface area contributed by atoms with Gasteiger partial charge < -0.3 is 14.4 Å². The van der Waals surface area contributed by atoms with Crippen LogP contribution in [0.5, 0.6) is 0 Å². The topological polar surface area (TPSA) is 51.1 Å². The summed E-state index contributed by atoms with van der Waals surface area (Å²) in [5.41, 5.74) is 0.762. The van der Waals surface area contributed by atoms with Crippen molar-refractivity contribution in [2.45, 2.75) is 20.8 Å². The third-order valence-electron chi connectivity index (χ3n) is 2.43. The molecule has 5 nitrogen and oxygen atoms in total. The first-order valence-corrected chi connectivity index (χ1v) is 6.24. The molecule has 0 bridgehead atoms. The van der Waals surface area contributed by atoms with E-state index in [4.69, 9.17) is 9.47 Å². The number of amidine groups is 1. The maximum atomic E-state index is 11.6.